The van der Waals surface area contributed by atoms with E-state index in [1.54, 1.807) is 0 Å². The maximum Gasteiger partial charge on any atom is 0.340 e. The van der Waals surface area contributed by atoms with Crippen LogP contribution in [0.3, 0.4) is 0 Å². The summed E-state index contributed by atoms with van der Waals surface area (Å²) in [6.45, 7) is 0. The number of halogens is 1. The van der Waals surface area contributed by atoms with Crippen molar-refractivity contribution in [3.63, 3.8) is 0 Å². The number of hydrogen-bond acceptors (Lipinski definition) is 5. The van der Waals surface area contributed by atoms with E-state index < -0.39 is 15.7 Å². The van der Waals surface area contributed by atoms with E-state index in [1.807, 2.05) is 0 Å². The zero-order chi connectivity index (χ0) is 12.6. The van der Waals surface area contributed by atoms with Gasteiger partial charge in [-0.15, -0.1) is 0 Å². The average Bonchev–Trinajstić information content (AvgIpc) is 2.16. The van der Waals surface area contributed by atoms with Gasteiger partial charge in [0.05, 0.1) is 17.7 Å². The van der Waals surface area contributed by atoms with Crippen LogP contribution in [0.15, 0.2) is 33.5 Å². The SMILES string of the molecule is CS(=O)(=O)Oc1cc(=O)oc2ccc(Cl)cc12. The third-order valence-electron chi connectivity index (χ3n) is 1.91. The van der Waals surface area contributed by atoms with E-state index in [4.69, 9.17) is 20.2 Å². The first-order chi connectivity index (χ1) is 7.85. The van der Waals surface area contributed by atoms with Crippen molar-refractivity contribution in [3.05, 3.63) is 39.7 Å². The van der Waals surface area contributed by atoms with Gasteiger partial charge < -0.3 is 8.60 Å². The molecule has 0 aliphatic carbocycles. The van der Waals surface area contributed by atoms with Crippen molar-refractivity contribution in [2.75, 3.05) is 6.26 Å². The van der Waals surface area contributed by atoms with Crippen LogP contribution in [-0.4, -0.2) is 14.7 Å². The van der Waals surface area contributed by atoms with Gasteiger partial charge in [0.1, 0.15) is 5.58 Å². The van der Waals surface area contributed by atoms with Gasteiger partial charge in [-0.25, -0.2) is 4.79 Å². The summed E-state index contributed by atoms with van der Waals surface area (Å²) in [6.07, 6.45) is 0.887. The summed E-state index contributed by atoms with van der Waals surface area (Å²) in [5.41, 5.74) is -0.487. The highest BCUT2D eigenvalue weighted by atomic mass is 35.5. The van der Waals surface area contributed by atoms with Crippen LogP contribution in [0.1, 0.15) is 0 Å². The third-order valence-corrected chi connectivity index (χ3v) is 2.63. The lowest BCUT2D eigenvalue weighted by molar-refractivity contribution is 0.488. The Balaban J connectivity index is 2.76. The Morgan fingerprint density at radius 1 is 1.29 bits per heavy atom. The van der Waals surface area contributed by atoms with Crippen molar-refractivity contribution in [1.29, 1.82) is 0 Å². The molecule has 2 aromatic rings. The van der Waals surface area contributed by atoms with Gasteiger partial charge in [0, 0.05) is 5.02 Å². The number of rotatable bonds is 2. The van der Waals surface area contributed by atoms with Crippen LogP contribution >= 0.6 is 11.6 Å². The highest BCUT2D eigenvalue weighted by Gasteiger charge is 2.12. The van der Waals surface area contributed by atoms with Crippen LogP contribution in [0, 0.1) is 0 Å². The largest absolute Gasteiger partial charge is 0.422 e. The first kappa shape index (κ1) is 11.9. The fraction of sp³-hybridized carbons (Fsp3) is 0.100. The highest BCUT2D eigenvalue weighted by Crippen LogP contribution is 2.27. The zero-order valence-corrected chi connectivity index (χ0v) is 10.2. The molecule has 7 heteroatoms. The molecule has 5 nitrogen and oxygen atoms in total. The van der Waals surface area contributed by atoms with Crippen LogP contribution in [-0.2, 0) is 10.1 Å². The topological polar surface area (TPSA) is 73.6 Å². The summed E-state index contributed by atoms with van der Waals surface area (Å²) in [5, 5.41) is 0.701. The Kier molecular flexibility index (Phi) is 2.84. The van der Waals surface area contributed by atoms with Crippen molar-refractivity contribution >= 4 is 32.7 Å². The predicted molar refractivity (Wildman–Crippen MR) is 63.0 cm³/mol. The fourth-order valence-corrected chi connectivity index (χ4v) is 1.97. The second-order valence-corrected chi connectivity index (χ2v) is 5.37. The van der Waals surface area contributed by atoms with Crippen LogP contribution in [0.25, 0.3) is 11.0 Å². The molecule has 0 aliphatic rings. The zero-order valence-electron chi connectivity index (χ0n) is 8.64. The van der Waals surface area contributed by atoms with Crippen LogP contribution in [0.4, 0.5) is 0 Å². The third kappa shape index (κ3) is 2.78. The molecular formula is C10H7ClO5S. The van der Waals surface area contributed by atoms with Crippen LogP contribution in [0.5, 0.6) is 5.75 Å². The average molecular weight is 275 g/mol. The van der Waals surface area contributed by atoms with Gasteiger partial charge >= 0.3 is 15.7 Å². The maximum absolute atomic E-state index is 11.2. The van der Waals surface area contributed by atoms with Gasteiger partial charge in [-0.3, -0.25) is 0 Å². The molecule has 0 aliphatic heterocycles. The number of benzene rings is 1. The summed E-state index contributed by atoms with van der Waals surface area (Å²) < 4.78 is 31.7. The Bertz CT molecular complexity index is 732. The molecule has 2 rings (SSSR count). The minimum absolute atomic E-state index is 0.0961. The first-order valence-electron chi connectivity index (χ1n) is 4.48. The molecule has 1 aromatic carbocycles. The second-order valence-electron chi connectivity index (χ2n) is 3.36. The van der Waals surface area contributed by atoms with E-state index in [0.717, 1.165) is 12.3 Å². The van der Waals surface area contributed by atoms with E-state index in [0.29, 0.717) is 10.4 Å². The summed E-state index contributed by atoms with van der Waals surface area (Å²) in [5.74, 6) is -0.0961. The van der Waals surface area contributed by atoms with Crippen LogP contribution < -0.4 is 9.81 Å². The van der Waals surface area contributed by atoms with Crippen molar-refractivity contribution in [3.8, 4) is 5.75 Å². The first-order valence-corrected chi connectivity index (χ1v) is 6.67. The predicted octanol–water partition coefficient (Wildman–Crippen LogP) is 1.78. The summed E-state index contributed by atoms with van der Waals surface area (Å²) in [6, 6.07) is 5.41. The molecule has 0 saturated heterocycles. The molecule has 1 aromatic heterocycles. The Hall–Kier alpha value is -1.53. The monoisotopic (exact) mass is 274 g/mol. The van der Waals surface area contributed by atoms with Crippen LogP contribution in [0.2, 0.25) is 5.02 Å². The lowest BCUT2D eigenvalue weighted by Gasteiger charge is -2.05. The van der Waals surface area contributed by atoms with Gasteiger partial charge in [0.2, 0.25) is 0 Å². The normalized spacial score (nSPS) is 11.6. The molecule has 0 radical (unpaired) electrons. The van der Waals surface area contributed by atoms with Gasteiger partial charge in [-0.1, -0.05) is 11.6 Å². The van der Waals surface area contributed by atoms with Crippen molar-refractivity contribution in [1.82, 2.24) is 0 Å². The minimum Gasteiger partial charge on any atom is -0.422 e. The Morgan fingerprint density at radius 3 is 2.65 bits per heavy atom. The summed E-state index contributed by atoms with van der Waals surface area (Å²) in [7, 11) is -3.72. The van der Waals surface area contributed by atoms with Gasteiger partial charge in [0.25, 0.3) is 0 Å². The molecule has 0 unspecified atom stereocenters. The molecule has 0 amide bonds. The van der Waals surface area contributed by atoms with E-state index in [2.05, 4.69) is 0 Å². The maximum atomic E-state index is 11.2. The molecule has 0 bridgehead atoms. The molecule has 0 N–H and O–H groups in total. The lowest BCUT2D eigenvalue weighted by Crippen LogP contribution is -2.08. The Labute approximate surface area is 102 Å². The lowest BCUT2D eigenvalue weighted by atomic mass is 10.2. The highest BCUT2D eigenvalue weighted by molar-refractivity contribution is 7.86. The second kappa shape index (κ2) is 4.05. The fourth-order valence-electron chi connectivity index (χ4n) is 1.34. The summed E-state index contributed by atoms with van der Waals surface area (Å²) >= 11 is 5.78. The number of hydrogen-bond donors (Lipinski definition) is 0. The van der Waals surface area contributed by atoms with Crippen molar-refractivity contribution < 1.29 is 17.0 Å². The molecule has 0 spiro atoms. The summed E-state index contributed by atoms with van der Waals surface area (Å²) in [4.78, 5) is 11.2. The Morgan fingerprint density at radius 2 is 2.00 bits per heavy atom. The van der Waals surface area contributed by atoms with Gasteiger partial charge in [0.15, 0.2) is 5.75 Å². The van der Waals surface area contributed by atoms with E-state index in [-0.39, 0.29) is 11.3 Å². The van der Waals surface area contributed by atoms with E-state index >= 15 is 0 Å². The molecule has 90 valence electrons. The minimum atomic E-state index is -3.72. The molecule has 1 heterocycles. The molecule has 0 fully saturated rings. The van der Waals surface area contributed by atoms with E-state index in [1.165, 1.54) is 18.2 Å². The molecule has 17 heavy (non-hydrogen) atoms. The van der Waals surface area contributed by atoms with Gasteiger partial charge in [-0.2, -0.15) is 8.42 Å². The standard InChI is InChI=1S/C10H7ClO5S/c1-17(13,14)16-9-5-10(12)15-8-3-2-6(11)4-7(8)9/h2-5H,1H3. The quantitative estimate of drug-likeness (QED) is 0.616. The van der Waals surface area contributed by atoms with Crippen molar-refractivity contribution in [2.24, 2.45) is 0 Å². The molecular weight excluding hydrogens is 268 g/mol. The molecule has 0 saturated carbocycles. The smallest absolute Gasteiger partial charge is 0.340 e. The number of fused-ring (bicyclic) bond motifs is 1. The van der Waals surface area contributed by atoms with E-state index in [9.17, 15) is 13.2 Å². The molecule has 0 atom stereocenters. The van der Waals surface area contributed by atoms with Gasteiger partial charge in [-0.05, 0) is 18.2 Å². The van der Waals surface area contributed by atoms with Crippen molar-refractivity contribution in [2.45, 2.75) is 0 Å².